The van der Waals surface area contributed by atoms with Crippen molar-refractivity contribution in [1.29, 1.82) is 0 Å². The predicted octanol–water partition coefficient (Wildman–Crippen LogP) is 4.88. The summed E-state index contributed by atoms with van der Waals surface area (Å²) in [6.07, 6.45) is 0.484. The Balaban J connectivity index is 1.91. The molecule has 0 bridgehead atoms. The molecule has 1 aliphatic rings. The first-order valence-corrected chi connectivity index (χ1v) is 20.2. The largest absolute Gasteiger partial charge is 0.469 e. The smallest absolute Gasteiger partial charge is 0.308 e. The molecule has 3 rings (SSSR count). The van der Waals surface area contributed by atoms with Crippen LogP contribution in [0.4, 0.5) is 0 Å². The number of carbonyl (C=O) groups excluding carboxylic acids is 5. The molecule has 306 valence electrons. The quantitative estimate of drug-likeness (QED) is 0.177. The lowest BCUT2D eigenvalue weighted by Crippen LogP contribution is -2.58. The number of aliphatic hydroxyl groups is 1. The van der Waals surface area contributed by atoms with E-state index in [4.69, 9.17) is 14.5 Å². The van der Waals surface area contributed by atoms with E-state index in [0.717, 1.165) is 10.4 Å². The number of aromatic nitrogens is 1. The van der Waals surface area contributed by atoms with Crippen molar-refractivity contribution in [1.82, 2.24) is 25.4 Å². The standard InChI is InChI=1S/C41H63N5O8S/c1-23(2)31(46(10)40(51)34(24(3)4)43-37(49)32-21-30(48)17-18-45(32)9)22-33(54-27(8)47)39-44-35(36(55-39)25(5)6)38(50)42-29(19-26(7)41(52)53-11)20-28-15-13-12-14-16-28/h12-16,23-26,29-34,48H,17-22H2,1-11H3,(H,42,50)(H,43,49)/t26-,29+,30+,31+,32+,33+,34-/m0/s1. The van der Waals surface area contributed by atoms with Gasteiger partial charge in [-0.2, -0.15) is 0 Å². The molecule has 14 heteroatoms. The van der Waals surface area contributed by atoms with Crippen LogP contribution in [0.15, 0.2) is 30.3 Å². The minimum absolute atomic E-state index is 0.0852. The Labute approximate surface area is 330 Å². The highest BCUT2D eigenvalue weighted by molar-refractivity contribution is 7.12. The topological polar surface area (TPSA) is 167 Å². The van der Waals surface area contributed by atoms with Gasteiger partial charge in [0.1, 0.15) is 16.7 Å². The number of carbonyl (C=O) groups is 5. The van der Waals surface area contributed by atoms with Crippen molar-refractivity contribution in [3.63, 3.8) is 0 Å². The molecular formula is C41H63N5O8S. The van der Waals surface area contributed by atoms with Gasteiger partial charge in [0.05, 0.1) is 25.2 Å². The molecule has 0 saturated carbocycles. The molecule has 2 aromatic rings. The third-order valence-corrected chi connectivity index (χ3v) is 11.8. The van der Waals surface area contributed by atoms with Gasteiger partial charge in [0.2, 0.25) is 11.8 Å². The minimum Gasteiger partial charge on any atom is -0.469 e. The van der Waals surface area contributed by atoms with Crippen molar-refractivity contribution >= 4 is 41.0 Å². The van der Waals surface area contributed by atoms with Crippen LogP contribution in [-0.2, 0) is 35.1 Å². The molecular weight excluding hydrogens is 723 g/mol. The molecule has 1 aliphatic heterocycles. The lowest BCUT2D eigenvalue weighted by molar-refractivity contribution is -0.149. The highest BCUT2D eigenvalue weighted by Gasteiger charge is 2.38. The Bertz CT molecular complexity index is 1600. The van der Waals surface area contributed by atoms with E-state index in [0.29, 0.717) is 37.2 Å². The fraction of sp³-hybridized carbons (Fsp3) is 0.659. The number of esters is 2. The maximum Gasteiger partial charge on any atom is 0.308 e. The zero-order valence-corrected chi connectivity index (χ0v) is 35.3. The molecule has 7 atom stereocenters. The fourth-order valence-electron chi connectivity index (χ4n) is 7.12. The number of piperidine rings is 1. The predicted molar refractivity (Wildman–Crippen MR) is 212 cm³/mol. The number of aliphatic hydroxyl groups excluding tert-OH is 1. The molecule has 0 radical (unpaired) electrons. The number of thiazole rings is 1. The van der Waals surface area contributed by atoms with E-state index < -0.39 is 54.2 Å². The average Bonchev–Trinajstić information content (AvgIpc) is 3.58. The molecule has 0 spiro atoms. The molecule has 1 aromatic heterocycles. The van der Waals surface area contributed by atoms with E-state index in [1.165, 1.54) is 25.4 Å². The second kappa shape index (κ2) is 20.9. The lowest BCUT2D eigenvalue weighted by atomic mass is 9.93. The maximum atomic E-state index is 14.2. The van der Waals surface area contributed by atoms with Crippen LogP contribution in [0.2, 0.25) is 0 Å². The molecule has 3 N–H and O–H groups in total. The van der Waals surface area contributed by atoms with Gasteiger partial charge in [0.25, 0.3) is 5.91 Å². The summed E-state index contributed by atoms with van der Waals surface area (Å²) < 4.78 is 10.9. The van der Waals surface area contributed by atoms with Crippen molar-refractivity contribution in [3.05, 3.63) is 51.5 Å². The van der Waals surface area contributed by atoms with E-state index in [1.54, 1.807) is 18.9 Å². The van der Waals surface area contributed by atoms with Crippen LogP contribution in [-0.4, -0.2) is 108 Å². The monoisotopic (exact) mass is 785 g/mol. The second-order valence-corrected chi connectivity index (χ2v) is 17.0. The first-order chi connectivity index (χ1) is 25.8. The van der Waals surface area contributed by atoms with Gasteiger partial charge in [0.15, 0.2) is 6.10 Å². The number of amides is 3. The number of rotatable bonds is 18. The Kier molecular flexibility index (Phi) is 17.3. The molecule has 13 nitrogen and oxygen atoms in total. The number of ether oxygens (including phenoxy) is 2. The third-order valence-electron chi connectivity index (χ3n) is 10.3. The number of methoxy groups -OCH3 is 1. The number of likely N-dealkylation sites (tertiary alicyclic amines) is 1. The third kappa shape index (κ3) is 12.8. The van der Waals surface area contributed by atoms with Crippen LogP contribution in [0.5, 0.6) is 0 Å². The fourth-order valence-corrected chi connectivity index (χ4v) is 8.23. The Morgan fingerprint density at radius 1 is 1.00 bits per heavy atom. The first-order valence-electron chi connectivity index (χ1n) is 19.4. The number of hydrogen-bond donors (Lipinski definition) is 3. The first kappa shape index (κ1) is 45.5. The highest BCUT2D eigenvalue weighted by atomic mass is 32.1. The molecule has 1 aromatic carbocycles. The van der Waals surface area contributed by atoms with Crippen LogP contribution >= 0.6 is 11.3 Å². The number of nitrogens with one attached hydrogen (secondary N) is 2. The van der Waals surface area contributed by atoms with Crippen LogP contribution in [0.25, 0.3) is 0 Å². The lowest BCUT2D eigenvalue weighted by Gasteiger charge is -2.38. The Morgan fingerprint density at radius 2 is 1.65 bits per heavy atom. The van der Waals surface area contributed by atoms with Crippen molar-refractivity contribution < 1.29 is 38.6 Å². The maximum absolute atomic E-state index is 14.2. The SMILES string of the molecule is COC(=O)[C@@H](C)C[C@H](Cc1ccccc1)NC(=O)c1nc([C@@H](C[C@H](C(C)C)N(C)C(=O)[C@@H](NC(=O)[C@H]2C[C@H](O)CCN2C)C(C)C)OC(C)=O)sc1C(C)C. The summed E-state index contributed by atoms with van der Waals surface area (Å²) >= 11 is 1.30. The summed E-state index contributed by atoms with van der Waals surface area (Å²) in [6.45, 7) is 15.3. The summed E-state index contributed by atoms with van der Waals surface area (Å²) in [5.74, 6) is -2.74. The van der Waals surface area contributed by atoms with Gasteiger partial charge in [-0.05, 0) is 56.0 Å². The van der Waals surface area contributed by atoms with E-state index in [1.807, 2.05) is 83.8 Å². The molecule has 0 aliphatic carbocycles. The van der Waals surface area contributed by atoms with Gasteiger partial charge in [-0.1, -0.05) is 78.8 Å². The van der Waals surface area contributed by atoms with Gasteiger partial charge in [-0.15, -0.1) is 11.3 Å². The van der Waals surface area contributed by atoms with Gasteiger partial charge >= 0.3 is 11.9 Å². The van der Waals surface area contributed by atoms with Crippen molar-refractivity contribution in [2.45, 2.75) is 130 Å². The van der Waals surface area contributed by atoms with Crippen LogP contribution in [0, 0.1) is 17.8 Å². The minimum atomic E-state index is -0.867. The Hall–Kier alpha value is -3.88. The van der Waals surface area contributed by atoms with Gasteiger partial charge in [-0.3, -0.25) is 28.9 Å². The highest BCUT2D eigenvalue weighted by Crippen LogP contribution is 2.36. The average molecular weight is 786 g/mol. The molecule has 55 heavy (non-hydrogen) atoms. The summed E-state index contributed by atoms with van der Waals surface area (Å²) in [6, 6.07) is 7.49. The van der Waals surface area contributed by atoms with Gasteiger partial charge < -0.3 is 30.1 Å². The molecule has 1 fully saturated rings. The van der Waals surface area contributed by atoms with E-state index >= 15 is 0 Å². The number of nitrogens with zero attached hydrogens (tertiary/aromatic N) is 3. The van der Waals surface area contributed by atoms with E-state index in [9.17, 15) is 29.1 Å². The number of likely N-dealkylation sites (N-methyl/N-ethyl adjacent to an activating group) is 2. The van der Waals surface area contributed by atoms with Crippen LogP contribution < -0.4 is 10.6 Å². The van der Waals surface area contributed by atoms with Gasteiger partial charge in [-0.25, -0.2) is 4.98 Å². The van der Waals surface area contributed by atoms with Crippen molar-refractivity contribution in [2.24, 2.45) is 17.8 Å². The molecule has 0 unspecified atom stereocenters. The zero-order chi connectivity index (χ0) is 41.1. The van der Waals surface area contributed by atoms with Crippen molar-refractivity contribution in [3.8, 4) is 0 Å². The molecule has 2 heterocycles. The van der Waals surface area contributed by atoms with Crippen LogP contribution in [0.1, 0.15) is 119 Å². The normalized spacial score (nSPS) is 19.0. The Morgan fingerprint density at radius 3 is 2.22 bits per heavy atom. The van der Waals surface area contributed by atoms with E-state index in [-0.39, 0.29) is 47.7 Å². The second-order valence-electron chi connectivity index (χ2n) is 15.9. The number of benzene rings is 1. The van der Waals surface area contributed by atoms with Crippen LogP contribution in [0.3, 0.4) is 0 Å². The molecule has 1 saturated heterocycles. The summed E-state index contributed by atoms with van der Waals surface area (Å²) in [5, 5.41) is 16.8. The molecule has 3 amide bonds. The zero-order valence-electron chi connectivity index (χ0n) is 34.5. The van der Waals surface area contributed by atoms with Gasteiger partial charge in [0, 0.05) is 43.9 Å². The van der Waals surface area contributed by atoms with Crippen molar-refractivity contribution in [2.75, 3.05) is 27.7 Å². The summed E-state index contributed by atoms with van der Waals surface area (Å²) in [4.78, 5) is 75.6. The summed E-state index contributed by atoms with van der Waals surface area (Å²) in [7, 11) is 4.88. The number of hydrogen-bond acceptors (Lipinski definition) is 11. The summed E-state index contributed by atoms with van der Waals surface area (Å²) in [5.41, 5.74) is 1.22. The van der Waals surface area contributed by atoms with E-state index in [2.05, 4.69) is 10.6 Å².